The smallest absolute Gasteiger partial charge is 0.120 e. The molecule has 0 aliphatic rings. The number of hydrogen-bond acceptors (Lipinski definition) is 4. The van der Waals surface area contributed by atoms with Gasteiger partial charge in [-0.3, -0.25) is 0 Å². The highest BCUT2D eigenvalue weighted by molar-refractivity contribution is 5.29. The normalized spacial score (nSPS) is 15.1. The summed E-state index contributed by atoms with van der Waals surface area (Å²) < 4.78 is 5.71. The van der Waals surface area contributed by atoms with Crippen LogP contribution in [-0.2, 0) is 0 Å². The topological polar surface area (TPSA) is 61.7 Å². The summed E-state index contributed by atoms with van der Waals surface area (Å²) in [6.07, 6.45) is -1.11. The molecule has 1 aromatic rings. The first-order valence-electron chi connectivity index (χ1n) is 6.63. The van der Waals surface area contributed by atoms with Crippen LogP contribution in [0.3, 0.4) is 0 Å². The van der Waals surface area contributed by atoms with E-state index in [4.69, 9.17) is 4.74 Å². The molecule has 4 nitrogen and oxygen atoms in total. The molecular formula is C15H25NO3. The summed E-state index contributed by atoms with van der Waals surface area (Å²) in [4.78, 5) is 0. The zero-order valence-electron chi connectivity index (χ0n) is 12.2. The maximum Gasteiger partial charge on any atom is 0.120 e. The maximum absolute atomic E-state index is 10.0. The standard InChI is InChI=1S/C15H25NO3/c1-15(2,3)19-12-7-5-11(6-8-12)14(18)13(17)9-10-16-4/h5-8,13-14,16-18H,9-10H2,1-4H3. The van der Waals surface area contributed by atoms with Gasteiger partial charge in [0, 0.05) is 0 Å². The van der Waals surface area contributed by atoms with Crippen LogP contribution in [0.4, 0.5) is 0 Å². The molecule has 0 saturated carbocycles. The predicted molar refractivity (Wildman–Crippen MR) is 76.3 cm³/mol. The molecule has 0 aromatic heterocycles. The zero-order valence-corrected chi connectivity index (χ0v) is 12.2. The van der Waals surface area contributed by atoms with Crippen LogP contribution in [0.25, 0.3) is 0 Å². The average Bonchev–Trinajstić information content (AvgIpc) is 2.34. The summed E-state index contributed by atoms with van der Waals surface area (Å²) >= 11 is 0. The summed E-state index contributed by atoms with van der Waals surface area (Å²) in [5.41, 5.74) is 0.455. The van der Waals surface area contributed by atoms with Crippen LogP contribution >= 0.6 is 0 Å². The predicted octanol–water partition coefficient (Wildman–Crippen LogP) is 1.87. The fraction of sp³-hybridized carbons (Fsp3) is 0.600. The number of hydrogen-bond donors (Lipinski definition) is 3. The van der Waals surface area contributed by atoms with E-state index in [1.54, 1.807) is 12.1 Å². The molecule has 0 radical (unpaired) electrons. The number of nitrogens with one attached hydrogen (secondary N) is 1. The van der Waals surface area contributed by atoms with Gasteiger partial charge in [0.1, 0.15) is 17.5 Å². The quantitative estimate of drug-likeness (QED) is 0.736. The second-order valence-corrected chi connectivity index (χ2v) is 5.69. The molecule has 0 spiro atoms. The number of aliphatic hydroxyl groups excluding tert-OH is 2. The largest absolute Gasteiger partial charge is 0.488 e. The van der Waals surface area contributed by atoms with Crippen molar-refractivity contribution in [2.24, 2.45) is 0 Å². The monoisotopic (exact) mass is 267 g/mol. The minimum atomic E-state index is -0.864. The molecule has 108 valence electrons. The van der Waals surface area contributed by atoms with E-state index < -0.39 is 12.2 Å². The van der Waals surface area contributed by atoms with Gasteiger partial charge in [-0.25, -0.2) is 0 Å². The Balaban J connectivity index is 2.65. The van der Waals surface area contributed by atoms with E-state index in [0.717, 1.165) is 5.75 Å². The van der Waals surface area contributed by atoms with Crippen LogP contribution in [-0.4, -0.2) is 35.5 Å². The van der Waals surface area contributed by atoms with Crippen LogP contribution in [0.2, 0.25) is 0 Å². The van der Waals surface area contributed by atoms with Crippen molar-refractivity contribution >= 4 is 0 Å². The zero-order chi connectivity index (χ0) is 14.5. The highest BCUT2D eigenvalue weighted by Gasteiger charge is 2.18. The lowest BCUT2D eigenvalue weighted by Gasteiger charge is -2.22. The Kier molecular flexibility index (Phi) is 5.79. The molecule has 19 heavy (non-hydrogen) atoms. The molecule has 0 heterocycles. The van der Waals surface area contributed by atoms with Gasteiger partial charge in [-0.2, -0.15) is 0 Å². The van der Waals surface area contributed by atoms with Gasteiger partial charge in [-0.15, -0.1) is 0 Å². The number of benzene rings is 1. The van der Waals surface area contributed by atoms with E-state index in [9.17, 15) is 10.2 Å². The summed E-state index contributed by atoms with van der Waals surface area (Å²) in [6, 6.07) is 7.20. The highest BCUT2D eigenvalue weighted by atomic mass is 16.5. The second kappa shape index (κ2) is 6.89. The third-order valence-corrected chi connectivity index (χ3v) is 2.70. The van der Waals surface area contributed by atoms with E-state index in [1.165, 1.54) is 0 Å². The Morgan fingerprint density at radius 3 is 2.21 bits per heavy atom. The molecule has 1 aromatic carbocycles. The molecule has 0 saturated heterocycles. The van der Waals surface area contributed by atoms with Gasteiger partial charge in [0.15, 0.2) is 0 Å². The van der Waals surface area contributed by atoms with Crippen molar-refractivity contribution in [2.45, 2.75) is 45.0 Å². The third-order valence-electron chi connectivity index (χ3n) is 2.70. The Morgan fingerprint density at radius 1 is 1.16 bits per heavy atom. The van der Waals surface area contributed by atoms with E-state index in [2.05, 4.69) is 5.32 Å². The van der Waals surface area contributed by atoms with Crippen molar-refractivity contribution in [2.75, 3.05) is 13.6 Å². The fourth-order valence-corrected chi connectivity index (χ4v) is 1.76. The molecule has 0 aliphatic heterocycles. The van der Waals surface area contributed by atoms with Crippen molar-refractivity contribution in [3.8, 4) is 5.75 Å². The summed E-state index contributed by atoms with van der Waals surface area (Å²) in [6.45, 7) is 6.62. The Hall–Kier alpha value is -1.10. The lowest BCUT2D eigenvalue weighted by atomic mass is 10.0. The van der Waals surface area contributed by atoms with Crippen molar-refractivity contribution in [3.63, 3.8) is 0 Å². The molecule has 0 fully saturated rings. The van der Waals surface area contributed by atoms with Gasteiger partial charge >= 0.3 is 0 Å². The Morgan fingerprint density at radius 2 is 1.74 bits per heavy atom. The van der Waals surface area contributed by atoms with Crippen LogP contribution in [0, 0.1) is 0 Å². The molecule has 4 heteroatoms. The van der Waals surface area contributed by atoms with Crippen LogP contribution in [0.5, 0.6) is 5.75 Å². The molecule has 1 rings (SSSR count). The molecule has 2 atom stereocenters. The minimum absolute atomic E-state index is 0.244. The van der Waals surface area contributed by atoms with Crippen molar-refractivity contribution in [1.82, 2.24) is 5.32 Å². The average molecular weight is 267 g/mol. The van der Waals surface area contributed by atoms with E-state index >= 15 is 0 Å². The third kappa shape index (κ3) is 5.59. The molecule has 0 bridgehead atoms. The van der Waals surface area contributed by atoms with Crippen LogP contribution in [0.1, 0.15) is 38.9 Å². The fourth-order valence-electron chi connectivity index (χ4n) is 1.76. The first-order valence-corrected chi connectivity index (χ1v) is 6.63. The molecule has 0 aliphatic carbocycles. The van der Waals surface area contributed by atoms with E-state index in [0.29, 0.717) is 18.5 Å². The van der Waals surface area contributed by atoms with Crippen LogP contribution in [0.15, 0.2) is 24.3 Å². The Labute approximate surface area is 115 Å². The van der Waals surface area contributed by atoms with Gasteiger partial charge in [0.05, 0.1) is 6.10 Å². The van der Waals surface area contributed by atoms with E-state index in [1.807, 2.05) is 40.0 Å². The van der Waals surface area contributed by atoms with Crippen molar-refractivity contribution < 1.29 is 14.9 Å². The maximum atomic E-state index is 10.0. The number of ether oxygens (including phenoxy) is 1. The van der Waals surface area contributed by atoms with Crippen molar-refractivity contribution in [1.29, 1.82) is 0 Å². The molecule has 2 unspecified atom stereocenters. The SMILES string of the molecule is CNCCC(O)C(O)c1ccc(OC(C)(C)C)cc1. The lowest BCUT2D eigenvalue weighted by molar-refractivity contribution is 0.0139. The van der Waals surface area contributed by atoms with E-state index in [-0.39, 0.29) is 5.60 Å². The molecule has 3 N–H and O–H groups in total. The first kappa shape index (κ1) is 16.0. The highest BCUT2D eigenvalue weighted by Crippen LogP contribution is 2.23. The Bertz CT molecular complexity index is 370. The summed E-state index contributed by atoms with van der Waals surface area (Å²) in [5, 5.41) is 22.8. The number of aliphatic hydroxyl groups is 2. The molecule has 0 amide bonds. The summed E-state index contributed by atoms with van der Waals surface area (Å²) in [7, 11) is 1.82. The van der Waals surface area contributed by atoms with Gasteiger partial charge in [-0.1, -0.05) is 12.1 Å². The first-order chi connectivity index (χ1) is 8.83. The van der Waals surface area contributed by atoms with Gasteiger partial charge in [0.25, 0.3) is 0 Å². The number of rotatable bonds is 6. The van der Waals surface area contributed by atoms with Gasteiger partial charge in [0.2, 0.25) is 0 Å². The van der Waals surface area contributed by atoms with Gasteiger partial charge < -0.3 is 20.3 Å². The van der Waals surface area contributed by atoms with Crippen LogP contribution < -0.4 is 10.1 Å². The lowest BCUT2D eigenvalue weighted by Crippen LogP contribution is -2.24. The second-order valence-electron chi connectivity index (χ2n) is 5.69. The molecular weight excluding hydrogens is 242 g/mol. The summed E-state index contributed by atoms with van der Waals surface area (Å²) in [5.74, 6) is 0.758. The van der Waals surface area contributed by atoms with Crippen molar-refractivity contribution in [3.05, 3.63) is 29.8 Å². The minimum Gasteiger partial charge on any atom is -0.488 e. The van der Waals surface area contributed by atoms with Gasteiger partial charge in [-0.05, 0) is 58.5 Å².